The first-order chi connectivity index (χ1) is 10.0. The zero-order valence-corrected chi connectivity index (χ0v) is 12.8. The van der Waals surface area contributed by atoms with Gasteiger partial charge < -0.3 is 10.1 Å². The molecule has 1 aromatic heterocycles. The lowest BCUT2D eigenvalue weighted by Gasteiger charge is -2.20. The lowest BCUT2D eigenvalue weighted by Crippen LogP contribution is -2.32. The van der Waals surface area contributed by atoms with Gasteiger partial charge in [0, 0.05) is 5.69 Å². The molecule has 5 heteroatoms. The second kappa shape index (κ2) is 6.57. The summed E-state index contributed by atoms with van der Waals surface area (Å²) >= 11 is 0. The Morgan fingerprint density at radius 2 is 2.29 bits per heavy atom. The van der Waals surface area contributed by atoms with E-state index in [2.05, 4.69) is 16.4 Å². The summed E-state index contributed by atoms with van der Waals surface area (Å²) in [6, 6.07) is 3.58. The predicted octanol–water partition coefficient (Wildman–Crippen LogP) is 2.44. The molecule has 1 aliphatic carbocycles. The van der Waals surface area contributed by atoms with Gasteiger partial charge in [-0.2, -0.15) is 5.26 Å². The molecule has 2 rings (SSSR count). The zero-order chi connectivity index (χ0) is 15.4. The Balaban J connectivity index is 2.27. The number of aryl methyl sites for hydroxylation is 2. The normalized spacial score (nSPS) is 14.4. The third-order valence-corrected chi connectivity index (χ3v) is 3.68. The van der Waals surface area contributed by atoms with Crippen molar-refractivity contribution in [3.05, 3.63) is 22.9 Å². The summed E-state index contributed by atoms with van der Waals surface area (Å²) in [4.78, 5) is 16.4. The number of fused-ring (bicyclic) bond motifs is 1. The fourth-order valence-electron chi connectivity index (χ4n) is 2.66. The first kappa shape index (κ1) is 15.3. The number of nitriles is 1. The van der Waals surface area contributed by atoms with Crippen LogP contribution in [0.25, 0.3) is 0 Å². The lowest BCUT2D eigenvalue weighted by atomic mass is 10.0. The molecule has 0 aliphatic heterocycles. The molecule has 1 N–H and O–H groups in total. The minimum absolute atomic E-state index is 0.324. The number of ether oxygens (including phenoxy) is 1. The fourth-order valence-corrected chi connectivity index (χ4v) is 2.66. The van der Waals surface area contributed by atoms with Crippen LogP contribution in [-0.2, 0) is 22.4 Å². The maximum absolute atomic E-state index is 11.9. The van der Waals surface area contributed by atoms with E-state index in [9.17, 15) is 10.1 Å². The van der Waals surface area contributed by atoms with Gasteiger partial charge in [0.25, 0.3) is 0 Å². The molecule has 1 atom stereocenters. The van der Waals surface area contributed by atoms with Gasteiger partial charge in [0.05, 0.1) is 12.7 Å². The largest absolute Gasteiger partial charge is 0.467 e. The number of carbonyl (C=O) groups excluding carboxylic acids is 1. The number of methoxy groups -OCH3 is 1. The Bertz CT molecular complexity index is 576. The van der Waals surface area contributed by atoms with Crippen molar-refractivity contribution < 1.29 is 9.53 Å². The van der Waals surface area contributed by atoms with Crippen molar-refractivity contribution in [2.24, 2.45) is 5.92 Å². The van der Waals surface area contributed by atoms with Gasteiger partial charge in [-0.1, -0.05) is 13.8 Å². The molecule has 0 bridgehead atoms. The average Bonchev–Trinajstić information content (AvgIpc) is 2.91. The highest BCUT2D eigenvalue weighted by Crippen LogP contribution is 2.26. The second-order valence-corrected chi connectivity index (χ2v) is 5.81. The molecule has 112 valence electrons. The Morgan fingerprint density at radius 3 is 2.90 bits per heavy atom. The topological polar surface area (TPSA) is 75.0 Å². The molecule has 0 saturated heterocycles. The summed E-state index contributed by atoms with van der Waals surface area (Å²) in [5, 5.41) is 12.4. The Hall–Kier alpha value is -2.09. The summed E-state index contributed by atoms with van der Waals surface area (Å²) in [7, 11) is 1.37. The third-order valence-electron chi connectivity index (χ3n) is 3.68. The van der Waals surface area contributed by atoms with Crippen LogP contribution in [0.1, 0.15) is 43.5 Å². The highest BCUT2D eigenvalue weighted by molar-refractivity contribution is 5.79. The minimum Gasteiger partial charge on any atom is -0.467 e. The van der Waals surface area contributed by atoms with Gasteiger partial charge in [0.2, 0.25) is 0 Å². The van der Waals surface area contributed by atoms with E-state index in [4.69, 9.17) is 4.74 Å². The molecular weight excluding hydrogens is 266 g/mol. The van der Waals surface area contributed by atoms with Gasteiger partial charge in [-0.25, -0.2) is 9.78 Å². The number of hydrogen-bond donors (Lipinski definition) is 1. The molecule has 0 saturated carbocycles. The van der Waals surface area contributed by atoms with Crippen molar-refractivity contribution in [1.29, 1.82) is 5.26 Å². The van der Waals surface area contributed by atoms with Crippen molar-refractivity contribution in [2.45, 2.75) is 45.6 Å². The smallest absolute Gasteiger partial charge is 0.328 e. The highest BCUT2D eigenvalue weighted by atomic mass is 16.5. The molecule has 0 aromatic carbocycles. The van der Waals surface area contributed by atoms with Crippen LogP contribution in [0.3, 0.4) is 0 Å². The Labute approximate surface area is 125 Å². The van der Waals surface area contributed by atoms with Crippen molar-refractivity contribution in [3.8, 4) is 6.07 Å². The molecule has 0 amide bonds. The first-order valence-electron chi connectivity index (χ1n) is 7.32. The number of hydrogen-bond acceptors (Lipinski definition) is 5. The predicted molar refractivity (Wildman–Crippen MR) is 79.9 cm³/mol. The number of carbonyl (C=O) groups is 1. The number of aromatic nitrogens is 1. The van der Waals surface area contributed by atoms with Crippen molar-refractivity contribution in [2.75, 3.05) is 12.4 Å². The second-order valence-electron chi connectivity index (χ2n) is 5.81. The molecule has 5 nitrogen and oxygen atoms in total. The van der Waals surface area contributed by atoms with E-state index in [1.807, 2.05) is 19.9 Å². The van der Waals surface area contributed by atoms with Crippen LogP contribution in [0.15, 0.2) is 6.07 Å². The molecule has 0 spiro atoms. The van der Waals surface area contributed by atoms with Gasteiger partial charge in [-0.05, 0) is 43.2 Å². The van der Waals surface area contributed by atoms with Gasteiger partial charge in [0.15, 0.2) is 0 Å². The molecular formula is C16H21N3O2. The molecule has 1 aromatic rings. The standard InChI is InChI=1S/C16H21N3O2/c1-10(2)7-14(16(20)21-3)19-15-12(9-17)8-11-5-4-6-13(11)18-15/h8,10,14H,4-7H2,1-3H3,(H,18,19). The SMILES string of the molecule is COC(=O)C(CC(C)C)Nc1nc2c(cc1C#N)CCC2. The average molecular weight is 287 g/mol. The van der Waals surface area contributed by atoms with Gasteiger partial charge in [-0.3, -0.25) is 0 Å². The van der Waals surface area contributed by atoms with Gasteiger partial charge in [-0.15, -0.1) is 0 Å². The van der Waals surface area contributed by atoms with Crippen LogP contribution < -0.4 is 5.32 Å². The number of nitrogens with one attached hydrogen (secondary N) is 1. The van der Waals surface area contributed by atoms with E-state index < -0.39 is 6.04 Å². The van der Waals surface area contributed by atoms with E-state index in [1.165, 1.54) is 7.11 Å². The van der Waals surface area contributed by atoms with Crippen LogP contribution in [0, 0.1) is 17.2 Å². The van der Waals surface area contributed by atoms with E-state index >= 15 is 0 Å². The van der Waals surface area contributed by atoms with Crippen LogP contribution >= 0.6 is 0 Å². The lowest BCUT2D eigenvalue weighted by molar-refractivity contribution is -0.141. The maximum atomic E-state index is 11.9. The summed E-state index contributed by atoms with van der Waals surface area (Å²) < 4.78 is 4.84. The highest BCUT2D eigenvalue weighted by Gasteiger charge is 2.23. The zero-order valence-electron chi connectivity index (χ0n) is 12.8. The summed E-state index contributed by atoms with van der Waals surface area (Å²) in [5.41, 5.74) is 2.67. The molecule has 21 heavy (non-hydrogen) atoms. The Kier molecular flexibility index (Phi) is 4.79. The monoisotopic (exact) mass is 287 g/mol. The van der Waals surface area contributed by atoms with E-state index in [0.29, 0.717) is 23.7 Å². The number of anilines is 1. The van der Waals surface area contributed by atoms with Crippen molar-refractivity contribution >= 4 is 11.8 Å². The molecule has 1 heterocycles. The van der Waals surface area contributed by atoms with Crippen LogP contribution in [0.4, 0.5) is 5.82 Å². The van der Waals surface area contributed by atoms with Gasteiger partial charge in [0.1, 0.15) is 17.9 Å². The quantitative estimate of drug-likeness (QED) is 0.842. The van der Waals surface area contributed by atoms with Crippen LogP contribution in [0.5, 0.6) is 0 Å². The van der Waals surface area contributed by atoms with Crippen LogP contribution in [-0.4, -0.2) is 24.1 Å². The summed E-state index contributed by atoms with van der Waals surface area (Å²) in [6.45, 7) is 4.08. The van der Waals surface area contributed by atoms with Crippen molar-refractivity contribution in [1.82, 2.24) is 4.98 Å². The molecule has 1 unspecified atom stereocenters. The maximum Gasteiger partial charge on any atom is 0.328 e. The number of esters is 1. The summed E-state index contributed by atoms with van der Waals surface area (Å²) in [5.74, 6) is 0.505. The molecule has 1 aliphatic rings. The molecule has 0 fully saturated rings. The van der Waals surface area contributed by atoms with E-state index in [1.54, 1.807) is 0 Å². The number of rotatable bonds is 5. The van der Waals surface area contributed by atoms with Gasteiger partial charge >= 0.3 is 5.97 Å². The van der Waals surface area contributed by atoms with Crippen LogP contribution in [0.2, 0.25) is 0 Å². The number of pyridine rings is 1. The third kappa shape index (κ3) is 3.52. The minimum atomic E-state index is -0.478. The van der Waals surface area contributed by atoms with Crippen molar-refractivity contribution in [3.63, 3.8) is 0 Å². The first-order valence-corrected chi connectivity index (χ1v) is 7.32. The Morgan fingerprint density at radius 1 is 1.52 bits per heavy atom. The fraction of sp³-hybridized carbons (Fsp3) is 0.562. The van der Waals surface area contributed by atoms with E-state index in [-0.39, 0.29) is 5.97 Å². The van der Waals surface area contributed by atoms with E-state index in [0.717, 1.165) is 30.5 Å². The molecule has 0 radical (unpaired) electrons. The number of nitrogens with zero attached hydrogens (tertiary/aromatic N) is 2. The summed E-state index contributed by atoms with van der Waals surface area (Å²) in [6.07, 6.45) is 3.62.